The number of carboxylic acids is 1. The number of aliphatic hydroxyl groups excluding tert-OH is 1. The van der Waals surface area contributed by atoms with Gasteiger partial charge < -0.3 is 10.2 Å². The van der Waals surface area contributed by atoms with Gasteiger partial charge in [-0.15, -0.1) is 11.3 Å². The minimum Gasteiger partial charge on any atom is -0.481 e. The van der Waals surface area contributed by atoms with Gasteiger partial charge in [-0.05, 0) is 24.3 Å². The molecule has 0 amide bonds. The number of thiophene rings is 1. The summed E-state index contributed by atoms with van der Waals surface area (Å²) in [6.45, 7) is 0. The fourth-order valence-corrected chi connectivity index (χ4v) is 3.29. The largest absolute Gasteiger partial charge is 0.481 e. The van der Waals surface area contributed by atoms with Crippen LogP contribution >= 0.6 is 22.9 Å². The van der Waals surface area contributed by atoms with Gasteiger partial charge in [0.1, 0.15) is 5.41 Å². The summed E-state index contributed by atoms with van der Waals surface area (Å²) in [4.78, 5) is 11.8. The molecule has 2 rings (SSSR count). The summed E-state index contributed by atoms with van der Waals surface area (Å²) < 4.78 is 0. The van der Waals surface area contributed by atoms with E-state index in [1.165, 1.54) is 11.3 Å². The Kier molecular flexibility index (Phi) is 2.29. The van der Waals surface area contributed by atoms with E-state index in [9.17, 15) is 9.90 Å². The Morgan fingerprint density at radius 1 is 1.64 bits per heavy atom. The minimum absolute atomic E-state index is 0.266. The zero-order valence-electron chi connectivity index (χ0n) is 7.24. The maximum absolute atomic E-state index is 11.1. The first kappa shape index (κ1) is 9.96. The van der Waals surface area contributed by atoms with Crippen LogP contribution in [0.1, 0.15) is 17.7 Å². The summed E-state index contributed by atoms with van der Waals surface area (Å²) in [7, 11) is 0. The molecule has 0 aromatic carbocycles. The topological polar surface area (TPSA) is 57.5 Å². The van der Waals surface area contributed by atoms with Crippen molar-refractivity contribution in [3.63, 3.8) is 0 Å². The van der Waals surface area contributed by atoms with E-state index in [0.717, 1.165) is 0 Å². The van der Waals surface area contributed by atoms with Crippen molar-refractivity contribution in [2.24, 2.45) is 0 Å². The first-order chi connectivity index (χ1) is 6.56. The van der Waals surface area contributed by atoms with Crippen molar-refractivity contribution < 1.29 is 15.0 Å². The molecule has 0 unspecified atom stereocenters. The average Bonchev–Trinajstić information content (AvgIpc) is 2.45. The highest BCUT2D eigenvalue weighted by atomic mass is 35.5. The SMILES string of the molecule is O=C(O)C1(c2sccc2Cl)CC(O)C1. The average molecular weight is 233 g/mol. The van der Waals surface area contributed by atoms with Crippen molar-refractivity contribution >= 4 is 28.9 Å². The minimum atomic E-state index is -0.940. The van der Waals surface area contributed by atoms with Gasteiger partial charge in [0.2, 0.25) is 0 Å². The number of carboxylic acid groups (broad SMARTS) is 1. The molecule has 1 saturated carbocycles. The molecule has 0 atom stereocenters. The van der Waals surface area contributed by atoms with Crippen molar-refractivity contribution in [3.8, 4) is 0 Å². The molecule has 0 bridgehead atoms. The van der Waals surface area contributed by atoms with Crippen molar-refractivity contribution in [3.05, 3.63) is 21.3 Å². The monoisotopic (exact) mass is 232 g/mol. The van der Waals surface area contributed by atoms with Crippen LogP contribution in [0.15, 0.2) is 11.4 Å². The number of hydrogen-bond donors (Lipinski definition) is 2. The fraction of sp³-hybridized carbons (Fsp3) is 0.444. The van der Waals surface area contributed by atoms with E-state index < -0.39 is 17.5 Å². The third kappa shape index (κ3) is 1.26. The molecular weight excluding hydrogens is 224 g/mol. The molecule has 1 heterocycles. The van der Waals surface area contributed by atoms with Gasteiger partial charge >= 0.3 is 5.97 Å². The lowest BCUT2D eigenvalue weighted by atomic mass is 9.66. The molecule has 2 N–H and O–H groups in total. The van der Waals surface area contributed by atoms with Crippen molar-refractivity contribution in [1.29, 1.82) is 0 Å². The van der Waals surface area contributed by atoms with Crippen molar-refractivity contribution in [2.75, 3.05) is 0 Å². The molecule has 0 radical (unpaired) electrons. The van der Waals surface area contributed by atoms with Crippen LogP contribution in [0, 0.1) is 0 Å². The Labute approximate surface area is 89.9 Å². The lowest BCUT2D eigenvalue weighted by Gasteiger charge is -2.41. The Morgan fingerprint density at radius 3 is 2.64 bits per heavy atom. The maximum atomic E-state index is 11.1. The lowest BCUT2D eigenvalue weighted by molar-refractivity contribution is -0.152. The van der Waals surface area contributed by atoms with E-state index in [1.807, 2.05) is 0 Å². The van der Waals surface area contributed by atoms with E-state index >= 15 is 0 Å². The summed E-state index contributed by atoms with van der Waals surface area (Å²) in [5.41, 5.74) is -0.940. The molecular formula is C9H9ClO3S. The first-order valence-electron chi connectivity index (χ1n) is 4.21. The molecule has 3 nitrogen and oxygen atoms in total. The predicted octanol–water partition coefficient (Wildman–Crippen LogP) is 1.88. The maximum Gasteiger partial charge on any atom is 0.315 e. The molecule has 0 aliphatic heterocycles. The first-order valence-corrected chi connectivity index (χ1v) is 5.47. The van der Waals surface area contributed by atoms with Gasteiger partial charge in [-0.1, -0.05) is 11.6 Å². The molecule has 76 valence electrons. The highest BCUT2D eigenvalue weighted by Crippen LogP contribution is 2.48. The second-order valence-electron chi connectivity index (χ2n) is 3.55. The third-order valence-corrected chi connectivity index (χ3v) is 4.17. The Balaban J connectivity index is 2.39. The Morgan fingerprint density at radius 2 is 2.29 bits per heavy atom. The second kappa shape index (κ2) is 3.22. The van der Waals surface area contributed by atoms with E-state index in [1.54, 1.807) is 11.4 Å². The van der Waals surface area contributed by atoms with Crippen LogP contribution in [0.3, 0.4) is 0 Å². The van der Waals surface area contributed by atoms with Gasteiger partial charge in [-0.2, -0.15) is 0 Å². The zero-order valence-corrected chi connectivity index (χ0v) is 8.81. The van der Waals surface area contributed by atoms with Gasteiger partial charge in [-0.3, -0.25) is 4.79 Å². The van der Waals surface area contributed by atoms with Crippen LogP contribution in [0.5, 0.6) is 0 Å². The summed E-state index contributed by atoms with van der Waals surface area (Å²) in [5, 5.41) is 20.6. The fourth-order valence-electron chi connectivity index (χ4n) is 1.84. The van der Waals surface area contributed by atoms with Crippen LogP contribution in [0.25, 0.3) is 0 Å². The van der Waals surface area contributed by atoms with E-state index in [4.69, 9.17) is 16.7 Å². The molecule has 1 aliphatic carbocycles. The van der Waals surface area contributed by atoms with Gasteiger partial charge in [-0.25, -0.2) is 0 Å². The van der Waals surface area contributed by atoms with Crippen LogP contribution < -0.4 is 0 Å². The van der Waals surface area contributed by atoms with E-state index in [2.05, 4.69) is 0 Å². The molecule has 1 fully saturated rings. The quantitative estimate of drug-likeness (QED) is 0.819. The number of hydrogen-bond acceptors (Lipinski definition) is 3. The number of halogens is 1. The smallest absolute Gasteiger partial charge is 0.315 e. The Hall–Kier alpha value is -0.580. The molecule has 0 spiro atoms. The number of carbonyl (C=O) groups is 1. The molecule has 1 aliphatic rings. The summed E-state index contributed by atoms with van der Waals surface area (Å²) in [6, 6.07) is 1.69. The van der Waals surface area contributed by atoms with Gasteiger partial charge in [0.25, 0.3) is 0 Å². The summed E-state index contributed by atoms with van der Waals surface area (Å²) >= 11 is 7.23. The van der Waals surface area contributed by atoms with Gasteiger partial charge in [0.05, 0.1) is 11.1 Å². The third-order valence-electron chi connectivity index (χ3n) is 2.63. The summed E-state index contributed by atoms with van der Waals surface area (Å²) in [6.07, 6.45) is 0.0229. The van der Waals surface area contributed by atoms with Gasteiger partial charge in [0, 0.05) is 4.88 Å². The van der Waals surface area contributed by atoms with Gasteiger partial charge in [0.15, 0.2) is 0 Å². The van der Waals surface area contributed by atoms with Crippen LogP contribution in [0.4, 0.5) is 0 Å². The molecule has 5 heteroatoms. The van der Waals surface area contributed by atoms with E-state index in [-0.39, 0.29) is 12.8 Å². The molecule has 0 saturated heterocycles. The number of aliphatic carboxylic acids is 1. The number of aliphatic hydroxyl groups is 1. The highest BCUT2D eigenvalue weighted by molar-refractivity contribution is 7.10. The lowest BCUT2D eigenvalue weighted by Crippen LogP contribution is -2.50. The summed E-state index contributed by atoms with van der Waals surface area (Å²) in [5.74, 6) is -0.896. The van der Waals surface area contributed by atoms with Crippen LogP contribution in [-0.2, 0) is 10.2 Å². The highest BCUT2D eigenvalue weighted by Gasteiger charge is 2.53. The zero-order chi connectivity index (χ0) is 10.3. The number of rotatable bonds is 2. The Bertz CT molecular complexity index is 368. The molecule has 1 aromatic rings. The van der Waals surface area contributed by atoms with Crippen LogP contribution in [0.2, 0.25) is 5.02 Å². The van der Waals surface area contributed by atoms with E-state index in [0.29, 0.717) is 9.90 Å². The van der Waals surface area contributed by atoms with Crippen molar-refractivity contribution in [1.82, 2.24) is 0 Å². The predicted molar refractivity (Wildman–Crippen MR) is 53.9 cm³/mol. The molecule has 1 aromatic heterocycles. The molecule has 14 heavy (non-hydrogen) atoms. The second-order valence-corrected chi connectivity index (χ2v) is 4.87. The standard InChI is InChI=1S/C9H9ClO3S/c10-6-1-2-14-7(6)9(8(12)13)3-5(11)4-9/h1-2,5,11H,3-4H2,(H,12,13). The van der Waals surface area contributed by atoms with Crippen molar-refractivity contribution in [2.45, 2.75) is 24.4 Å². The normalized spacial score (nSPS) is 31.1. The van der Waals surface area contributed by atoms with Crippen LogP contribution in [-0.4, -0.2) is 22.3 Å².